The fourth-order valence-electron chi connectivity index (χ4n) is 1.16. The molecule has 0 spiro atoms. The van der Waals surface area contributed by atoms with Gasteiger partial charge in [-0.1, -0.05) is 6.92 Å². The Labute approximate surface area is 101 Å². The first-order valence-corrected chi connectivity index (χ1v) is 7.34. The molecule has 0 amide bonds. The average Bonchev–Trinajstić information content (AvgIpc) is 2.51. The number of nitrogens with zero attached hydrogens (tertiary/aromatic N) is 1. The zero-order chi connectivity index (χ0) is 11.3. The first-order chi connectivity index (χ1) is 7.01. The second kappa shape index (κ2) is 5.87. The Bertz CT molecular complexity index is 289. The van der Waals surface area contributed by atoms with E-state index in [9.17, 15) is 0 Å². The highest BCUT2D eigenvalue weighted by molar-refractivity contribution is 7.98. The number of aromatic nitrogens is 1. The summed E-state index contributed by atoms with van der Waals surface area (Å²) in [6.07, 6.45) is 2.29. The lowest BCUT2D eigenvalue weighted by atomic mass is 10.1. The number of hydrogen-bond acceptors (Lipinski definition) is 4. The summed E-state index contributed by atoms with van der Waals surface area (Å²) >= 11 is 3.64. The number of nitrogens with two attached hydrogens (primary N) is 1. The molecule has 0 saturated heterocycles. The van der Waals surface area contributed by atoms with Crippen LogP contribution in [-0.2, 0) is 12.2 Å². The lowest BCUT2D eigenvalue weighted by molar-refractivity contribution is 0.591. The van der Waals surface area contributed by atoms with E-state index in [-0.39, 0.29) is 5.54 Å². The molecule has 0 fully saturated rings. The summed E-state index contributed by atoms with van der Waals surface area (Å²) in [5, 5.41) is 3.43. The van der Waals surface area contributed by atoms with E-state index < -0.39 is 0 Å². The molecule has 1 aromatic heterocycles. The first-order valence-electron chi connectivity index (χ1n) is 5.31. The molecule has 0 unspecified atom stereocenters. The van der Waals surface area contributed by atoms with Gasteiger partial charge in [0, 0.05) is 22.4 Å². The maximum atomic E-state index is 5.91. The second-order valence-corrected chi connectivity index (χ2v) is 6.39. The summed E-state index contributed by atoms with van der Waals surface area (Å²) in [6.45, 7) is 6.31. The Morgan fingerprint density at radius 1 is 1.53 bits per heavy atom. The van der Waals surface area contributed by atoms with E-state index in [0.717, 1.165) is 17.9 Å². The zero-order valence-electron chi connectivity index (χ0n) is 9.75. The lowest BCUT2D eigenvalue weighted by Crippen LogP contribution is -2.34. The van der Waals surface area contributed by atoms with Gasteiger partial charge in [0.05, 0.1) is 10.7 Å². The van der Waals surface area contributed by atoms with Gasteiger partial charge in [-0.3, -0.25) is 0 Å². The number of thiazole rings is 1. The van der Waals surface area contributed by atoms with Crippen molar-refractivity contribution in [1.29, 1.82) is 0 Å². The minimum absolute atomic E-state index is 0.0765. The van der Waals surface area contributed by atoms with Crippen molar-refractivity contribution in [2.75, 3.05) is 5.75 Å². The highest BCUT2D eigenvalue weighted by Gasteiger charge is 2.10. The van der Waals surface area contributed by atoms with Crippen LogP contribution in [0.1, 0.15) is 37.9 Å². The SMILES string of the molecule is CCCc1nc(CSCC(C)(C)N)cs1. The molecule has 0 aliphatic rings. The molecule has 1 rings (SSSR count). The quantitative estimate of drug-likeness (QED) is 0.836. The predicted molar refractivity (Wildman–Crippen MR) is 70.5 cm³/mol. The second-order valence-electron chi connectivity index (χ2n) is 4.46. The van der Waals surface area contributed by atoms with Gasteiger partial charge < -0.3 is 5.73 Å². The standard InChI is InChI=1S/C11H20N2S2/c1-4-5-10-13-9(7-15-10)6-14-8-11(2,3)12/h7H,4-6,8,12H2,1-3H3. The van der Waals surface area contributed by atoms with Crippen LogP contribution in [0.4, 0.5) is 0 Å². The van der Waals surface area contributed by atoms with Gasteiger partial charge in [0.15, 0.2) is 0 Å². The summed E-state index contributed by atoms with van der Waals surface area (Å²) in [4.78, 5) is 4.58. The average molecular weight is 244 g/mol. The van der Waals surface area contributed by atoms with Crippen LogP contribution in [0.15, 0.2) is 5.38 Å². The summed E-state index contributed by atoms with van der Waals surface area (Å²) in [5.74, 6) is 1.97. The molecule has 2 N–H and O–H groups in total. The van der Waals surface area contributed by atoms with Gasteiger partial charge in [-0.15, -0.1) is 11.3 Å². The van der Waals surface area contributed by atoms with E-state index in [1.807, 2.05) is 11.8 Å². The fourth-order valence-corrected chi connectivity index (χ4v) is 3.15. The molecule has 2 nitrogen and oxygen atoms in total. The van der Waals surface area contributed by atoms with Crippen LogP contribution in [0, 0.1) is 0 Å². The molecule has 1 aromatic rings. The van der Waals surface area contributed by atoms with Crippen molar-refractivity contribution in [1.82, 2.24) is 4.98 Å². The van der Waals surface area contributed by atoms with Crippen LogP contribution < -0.4 is 5.73 Å². The van der Waals surface area contributed by atoms with Crippen LogP contribution in [0.25, 0.3) is 0 Å². The molecular formula is C11H20N2S2. The molecule has 15 heavy (non-hydrogen) atoms. The van der Waals surface area contributed by atoms with E-state index in [4.69, 9.17) is 5.73 Å². The van der Waals surface area contributed by atoms with Crippen molar-refractivity contribution in [2.45, 2.75) is 44.9 Å². The molecule has 0 aliphatic heterocycles. The van der Waals surface area contributed by atoms with Gasteiger partial charge in [-0.25, -0.2) is 4.98 Å². The van der Waals surface area contributed by atoms with Gasteiger partial charge in [-0.2, -0.15) is 11.8 Å². The van der Waals surface area contributed by atoms with Crippen LogP contribution in [0.2, 0.25) is 0 Å². The van der Waals surface area contributed by atoms with Crippen molar-refractivity contribution in [3.05, 3.63) is 16.1 Å². The van der Waals surface area contributed by atoms with Gasteiger partial charge in [0.25, 0.3) is 0 Å². The van der Waals surface area contributed by atoms with Crippen molar-refractivity contribution < 1.29 is 0 Å². The molecule has 0 atom stereocenters. The van der Waals surface area contributed by atoms with E-state index in [0.29, 0.717) is 0 Å². The van der Waals surface area contributed by atoms with Gasteiger partial charge >= 0.3 is 0 Å². The minimum Gasteiger partial charge on any atom is -0.325 e. The number of rotatable bonds is 6. The van der Waals surface area contributed by atoms with Crippen molar-refractivity contribution in [3.8, 4) is 0 Å². The van der Waals surface area contributed by atoms with E-state index in [2.05, 4.69) is 31.1 Å². The molecular weight excluding hydrogens is 224 g/mol. The van der Waals surface area contributed by atoms with Crippen molar-refractivity contribution in [3.63, 3.8) is 0 Å². The molecule has 86 valence electrons. The number of aryl methyl sites for hydroxylation is 1. The van der Waals surface area contributed by atoms with Gasteiger partial charge in [0.1, 0.15) is 0 Å². The third kappa shape index (κ3) is 5.54. The fraction of sp³-hybridized carbons (Fsp3) is 0.727. The van der Waals surface area contributed by atoms with Crippen LogP contribution in [-0.4, -0.2) is 16.3 Å². The Hall–Kier alpha value is -0.0600. The molecule has 0 aliphatic carbocycles. The van der Waals surface area contributed by atoms with Crippen molar-refractivity contribution in [2.24, 2.45) is 5.73 Å². The summed E-state index contributed by atoms with van der Waals surface area (Å²) in [5.41, 5.74) is 7.04. The minimum atomic E-state index is -0.0765. The largest absolute Gasteiger partial charge is 0.325 e. The van der Waals surface area contributed by atoms with Crippen LogP contribution in [0.5, 0.6) is 0 Å². The monoisotopic (exact) mass is 244 g/mol. The highest BCUT2D eigenvalue weighted by Crippen LogP contribution is 2.19. The Kier molecular flexibility index (Phi) is 5.09. The Morgan fingerprint density at radius 3 is 2.87 bits per heavy atom. The zero-order valence-corrected chi connectivity index (χ0v) is 11.4. The maximum Gasteiger partial charge on any atom is 0.0928 e. The highest BCUT2D eigenvalue weighted by atomic mass is 32.2. The Morgan fingerprint density at radius 2 is 2.27 bits per heavy atom. The molecule has 0 aromatic carbocycles. The topological polar surface area (TPSA) is 38.9 Å². The van der Waals surface area contributed by atoms with E-state index in [1.54, 1.807) is 11.3 Å². The maximum absolute atomic E-state index is 5.91. The summed E-state index contributed by atoms with van der Waals surface area (Å²) in [6, 6.07) is 0. The number of thioether (sulfide) groups is 1. The Balaban J connectivity index is 2.31. The summed E-state index contributed by atoms with van der Waals surface area (Å²) in [7, 11) is 0. The normalized spacial score (nSPS) is 12.0. The van der Waals surface area contributed by atoms with Crippen LogP contribution in [0.3, 0.4) is 0 Å². The summed E-state index contributed by atoms with van der Waals surface area (Å²) < 4.78 is 0. The first kappa shape index (κ1) is 13.0. The molecule has 4 heteroatoms. The van der Waals surface area contributed by atoms with E-state index >= 15 is 0 Å². The molecule has 0 radical (unpaired) electrons. The van der Waals surface area contributed by atoms with E-state index in [1.165, 1.54) is 17.1 Å². The number of hydrogen-bond donors (Lipinski definition) is 1. The third-order valence-corrected chi connectivity index (χ3v) is 4.19. The molecule has 0 bridgehead atoms. The third-order valence-electron chi connectivity index (χ3n) is 1.79. The predicted octanol–water partition coefficient (Wildman–Crippen LogP) is 3.07. The molecule has 0 saturated carbocycles. The smallest absolute Gasteiger partial charge is 0.0928 e. The van der Waals surface area contributed by atoms with Crippen molar-refractivity contribution >= 4 is 23.1 Å². The van der Waals surface area contributed by atoms with Gasteiger partial charge in [-0.05, 0) is 26.7 Å². The lowest BCUT2D eigenvalue weighted by Gasteiger charge is -2.16. The van der Waals surface area contributed by atoms with Crippen LogP contribution >= 0.6 is 23.1 Å². The molecule has 1 heterocycles. The van der Waals surface area contributed by atoms with Gasteiger partial charge in [0.2, 0.25) is 0 Å².